The van der Waals surface area contributed by atoms with Crippen molar-refractivity contribution in [1.29, 1.82) is 0 Å². The molecule has 0 aliphatic carbocycles. The average molecular weight is 670 g/mol. The second-order valence-corrected chi connectivity index (χ2v) is 12.2. The molecule has 2 fully saturated rings. The molecule has 2 amide bonds. The van der Waals surface area contributed by atoms with E-state index in [2.05, 4.69) is 34.4 Å². The zero-order valence-electron chi connectivity index (χ0n) is 23.9. The fourth-order valence-electron chi connectivity index (χ4n) is 4.31. The van der Waals surface area contributed by atoms with Gasteiger partial charge in [0.15, 0.2) is 5.13 Å². The molecule has 0 spiro atoms. The van der Waals surface area contributed by atoms with Crippen molar-refractivity contribution < 1.29 is 46.3 Å². The number of piperidine rings is 1. The van der Waals surface area contributed by atoms with Gasteiger partial charge in [-0.1, -0.05) is 5.16 Å². The van der Waals surface area contributed by atoms with Crippen LogP contribution in [0.3, 0.4) is 0 Å². The van der Waals surface area contributed by atoms with Crippen molar-refractivity contribution in [2.75, 3.05) is 25.4 Å². The zero-order valence-corrected chi connectivity index (χ0v) is 25.6. The van der Waals surface area contributed by atoms with Gasteiger partial charge in [0.1, 0.15) is 24.2 Å². The molecule has 19 nitrogen and oxygen atoms in total. The van der Waals surface area contributed by atoms with E-state index in [1.807, 2.05) is 0 Å². The molecule has 0 saturated carbocycles. The lowest BCUT2D eigenvalue weighted by molar-refractivity contribution is -0.218. The van der Waals surface area contributed by atoms with Gasteiger partial charge in [0, 0.05) is 23.6 Å². The number of rotatable bonds is 13. The van der Waals surface area contributed by atoms with Crippen LogP contribution in [0.4, 0.5) is 5.13 Å². The van der Waals surface area contributed by atoms with E-state index in [4.69, 9.17) is 25.6 Å². The maximum atomic E-state index is 13.1. The Morgan fingerprint density at radius 2 is 2.02 bits per heavy atom. The van der Waals surface area contributed by atoms with Gasteiger partial charge >= 0.3 is 16.4 Å². The predicted molar refractivity (Wildman–Crippen MR) is 157 cm³/mol. The van der Waals surface area contributed by atoms with Crippen molar-refractivity contribution in [3.05, 3.63) is 35.7 Å². The van der Waals surface area contributed by atoms with Gasteiger partial charge in [-0.05, 0) is 57.5 Å². The lowest BCUT2D eigenvalue weighted by atomic mass is 9.84. The van der Waals surface area contributed by atoms with E-state index in [1.54, 1.807) is 24.3 Å². The van der Waals surface area contributed by atoms with Gasteiger partial charge < -0.3 is 36.8 Å². The summed E-state index contributed by atoms with van der Waals surface area (Å²) >= 11 is 0.706. The van der Waals surface area contributed by atoms with E-state index < -0.39 is 58.2 Å². The van der Waals surface area contributed by atoms with Crippen molar-refractivity contribution in [3.8, 4) is 5.75 Å². The molecule has 2 aromatic rings. The number of hydrogen-bond acceptors (Lipinski definition) is 15. The molecule has 2 aliphatic rings. The van der Waals surface area contributed by atoms with E-state index >= 15 is 0 Å². The molecule has 45 heavy (non-hydrogen) atoms. The number of benzene rings is 1. The van der Waals surface area contributed by atoms with Gasteiger partial charge in [-0.3, -0.25) is 19.1 Å². The van der Waals surface area contributed by atoms with E-state index in [9.17, 15) is 27.9 Å². The number of amidine groups is 1. The zero-order chi connectivity index (χ0) is 32.9. The number of carboxylic acid groups (broad SMARTS) is 1. The van der Waals surface area contributed by atoms with Crippen LogP contribution in [-0.4, -0.2) is 105 Å². The van der Waals surface area contributed by atoms with Crippen LogP contribution in [0, 0.1) is 0 Å². The smallest absolute Gasteiger partial charge is 0.418 e. The quantitative estimate of drug-likeness (QED) is 0.0474. The number of β-lactam (4-membered cyclic amide) rings is 1. The summed E-state index contributed by atoms with van der Waals surface area (Å²) in [6.07, 6.45) is 0.233. The third-order valence-electron chi connectivity index (χ3n) is 6.68. The first kappa shape index (κ1) is 33.5. The predicted octanol–water partition coefficient (Wildman–Crippen LogP) is -1.33. The molecule has 1 aromatic heterocycles. The van der Waals surface area contributed by atoms with Gasteiger partial charge in [0.05, 0.1) is 11.6 Å². The Balaban J connectivity index is 1.43. The SMILES string of the molecule is CC1(C)[C@H](NC(=O)/C(=N\O[C@@H](COc2ccc(C(N)=N[C@@H]3CCCNC3)cc2)C(=O)O)c2nsc(N)n2)C(=O)N1OS(=O)(=O)O. The summed E-state index contributed by atoms with van der Waals surface area (Å²) in [7, 11) is -5.02. The molecular formula is C24H31N9O10S2. The third-order valence-corrected chi connectivity index (χ3v) is 7.56. The Labute approximate surface area is 260 Å². The van der Waals surface area contributed by atoms with Crippen molar-refractivity contribution in [1.82, 2.24) is 25.1 Å². The molecule has 8 N–H and O–H groups in total. The molecular weight excluding hydrogens is 638 g/mol. The highest BCUT2D eigenvalue weighted by Crippen LogP contribution is 2.33. The average Bonchev–Trinajstić information content (AvgIpc) is 3.41. The number of ether oxygens (including phenoxy) is 1. The van der Waals surface area contributed by atoms with E-state index in [0.717, 1.165) is 25.9 Å². The minimum Gasteiger partial charge on any atom is -0.489 e. The molecule has 0 bridgehead atoms. The molecule has 3 heterocycles. The van der Waals surface area contributed by atoms with Gasteiger partial charge in [-0.2, -0.15) is 22.8 Å². The molecule has 4 rings (SSSR count). The third kappa shape index (κ3) is 8.39. The molecule has 0 radical (unpaired) electrons. The molecule has 2 aliphatic heterocycles. The number of amides is 2. The van der Waals surface area contributed by atoms with Crippen molar-refractivity contribution in [2.45, 2.75) is 50.4 Å². The van der Waals surface area contributed by atoms with E-state index in [-0.39, 0.29) is 17.0 Å². The number of nitrogens with zero attached hydrogens (tertiary/aromatic N) is 5. The lowest BCUT2D eigenvalue weighted by Gasteiger charge is -2.50. The number of oxime groups is 1. The number of hydrogen-bond donors (Lipinski definition) is 6. The van der Waals surface area contributed by atoms with E-state index in [0.29, 0.717) is 33.7 Å². The minimum atomic E-state index is -5.02. The van der Waals surface area contributed by atoms with Gasteiger partial charge in [0.25, 0.3) is 17.9 Å². The summed E-state index contributed by atoms with van der Waals surface area (Å²) in [5.74, 6) is -3.27. The number of anilines is 1. The highest BCUT2D eigenvalue weighted by molar-refractivity contribution is 7.80. The first-order valence-electron chi connectivity index (χ1n) is 13.3. The highest BCUT2D eigenvalue weighted by atomic mass is 32.3. The fourth-order valence-corrected chi connectivity index (χ4v) is 5.19. The fraction of sp³-hybridized carbons (Fsp3) is 0.458. The van der Waals surface area contributed by atoms with Crippen LogP contribution in [0.25, 0.3) is 0 Å². The first-order valence-corrected chi connectivity index (χ1v) is 15.4. The van der Waals surface area contributed by atoms with Crippen molar-refractivity contribution in [3.63, 3.8) is 0 Å². The number of aromatic nitrogens is 2. The Hall–Kier alpha value is -4.44. The summed E-state index contributed by atoms with van der Waals surface area (Å²) < 4.78 is 44.7. The number of hydroxylamine groups is 2. The number of nitrogens with two attached hydrogens (primary N) is 2. The molecule has 0 unspecified atom stereocenters. The Kier molecular flexibility index (Phi) is 10.2. The molecule has 3 atom stereocenters. The second kappa shape index (κ2) is 13.7. The second-order valence-electron chi connectivity index (χ2n) is 10.4. The van der Waals surface area contributed by atoms with Crippen LogP contribution < -0.4 is 26.8 Å². The largest absolute Gasteiger partial charge is 0.489 e. The van der Waals surface area contributed by atoms with Gasteiger partial charge in [-0.15, -0.1) is 4.28 Å². The highest BCUT2D eigenvalue weighted by Gasteiger charge is 2.58. The van der Waals surface area contributed by atoms with Gasteiger partial charge in [-0.25, -0.2) is 4.79 Å². The number of aliphatic carboxylic acids is 1. The summed E-state index contributed by atoms with van der Waals surface area (Å²) in [5.41, 5.74) is 10.3. The topological polar surface area (TPSA) is 283 Å². The van der Waals surface area contributed by atoms with Gasteiger partial charge in [0.2, 0.25) is 11.5 Å². The minimum absolute atomic E-state index is 0.0547. The number of nitrogens with one attached hydrogen (secondary N) is 2. The van der Waals surface area contributed by atoms with Crippen LogP contribution in [0.15, 0.2) is 34.4 Å². The summed E-state index contributed by atoms with van der Waals surface area (Å²) in [6, 6.07) is 5.23. The number of carbonyl (C=O) groups is 3. The maximum absolute atomic E-state index is 13.1. The van der Waals surface area contributed by atoms with Crippen LogP contribution >= 0.6 is 11.5 Å². The monoisotopic (exact) mass is 669 g/mol. The molecule has 21 heteroatoms. The number of nitrogen functional groups attached to an aromatic ring is 1. The summed E-state index contributed by atoms with van der Waals surface area (Å²) in [6.45, 7) is 3.85. The van der Waals surface area contributed by atoms with Crippen LogP contribution in [-0.2, 0) is 33.9 Å². The number of carbonyl (C=O) groups excluding carboxylic acids is 2. The summed E-state index contributed by atoms with van der Waals surface area (Å²) in [4.78, 5) is 51.0. The maximum Gasteiger partial charge on any atom is 0.418 e. The Morgan fingerprint density at radius 1 is 1.31 bits per heavy atom. The number of carboxylic acids is 1. The van der Waals surface area contributed by atoms with Crippen molar-refractivity contribution >= 4 is 56.4 Å². The van der Waals surface area contributed by atoms with E-state index in [1.165, 1.54) is 13.8 Å². The van der Waals surface area contributed by atoms with Crippen LogP contribution in [0.2, 0.25) is 0 Å². The summed E-state index contributed by atoms with van der Waals surface area (Å²) in [5, 5.41) is 19.2. The molecule has 1 aromatic carbocycles. The van der Waals surface area contributed by atoms with Crippen LogP contribution in [0.5, 0.6) is 5.75 Å². The Morgan fingerprint density at radius 3 is 2.58 bits per heavy atom. The molecule has 2 saturated heterocycles. The van der Waals surface area contributed by atoms with Crippen molar-refractivity contribution in [2.24, 2.45) is 15.9 Å². The lowest BCUT2D eigenvalue weighted by Crippen LogP contribution is -2.76. The Bertz CT molecular complexity index is 1590. The van der Waals surface area contributed by atoms with Crippen LogP contribution in [0.1, 0.15) is 38.1 Å². The standard InChI is InChI=1S/C24H31N9O10S2/c1-24(2)17(21(35)33(24)43-45(38,39)40)29-20(34)16(19-30-23(26)44-32-19)31-42-15(22(36)37)11-41-14-7-5-12(6-8-14)18(25)28-13-4-3-9-27-10-13/h5-8,13,15,17,27H,3-4,9-11H2,1-2H3,(H2,25,28)(H,29,34)(H,36,37)(H2,26,30,32)(H,38,39,40)/b31-16-/t13-,15+,17-/m1/s1. The normalized spacial score (nSPS) is 21.0. The first-order chi connectivity index (χ1) is 21.2. The molecule has 244 valence electrons. The number of aliphatic imine (C=N–C) groups is 1.